The van der Waals surface area contributed by atoms with Crippen LogP contribution in [0.3, 0.4) is 0 Å². The maximum Gasteiger partial charge on any atom is 0.230 e. The molecule has 1 heterocycles. The first-order valence-electron chi connectivity index (χ1n) is 8.70. The summed E-state index contributed by atoms with van der Waals surface area (Å²) in [7, 11) is 1.68. The number of hydrogen-bond donors (Lipinski definition) is 0. The van der Waals surface area contributed by atoms with Gasteiger partial charge in [0.15, 0.2) is 0 Å². The number of carbonyl (C=O) groups excluding carboxylic acids is 1. The molecule has 0 N–H and O–H groups in total. The number of hydrogen-bond acceptors (Lipinski definition) is 2. The maximum absolute atomic E-state index is 13.0. The van der Waals surface area contributed by atoms with Gasteiger partial charge in [-0.2, -0.15) is 0 Å². The fourth-order valence-corrected chi connectivity index (χ4v) is 3.57. The smallest absolute Gasteiger partial charge is 0.230 e. The van der Waals surface area contributed by atoms with Crippen LogP contribution >= 0.6 is 0 Å². The van der Waals surface area contributed by atoms with Gasteiger partial charge < -0.3 is 9.64 Å². The molecule has 0 radical (unpaired) electrons. The Morgan fingerprint density at radius 3 is 2.50 bits per heavy atom. The van der Waals surface area contributed by atoms with Crippen LogP contribution in [0.4, 0.5) is 0 Å². The minimum Gasteiger partial charge on any atom is -0.497 e. The molecule has 2 aromatic rings. The van der Waals surface area contributed by atoms with E-state index in [1.807, 2.05) is 35.2 Å². The molecule has 2 unspecified atom stereocenters. The Morgan fingerprint density at radius 2 is 1.88 bits per heavy atom. The molecular weight excluding hydrogens is 298 g/mol. The molecule has 2 atom stereocenters. The highest BCUT2D eigenvalue weighted by molar-refractivity contribution is 5.84. The molecule has 0 aliphatic carbocycles. The zero-order valence-corrected chi connectivity index (χ0v) is 14.4. The first-order valence-corrected chi connectivity index (χ1v) is 8.70. The molecule has 1 fully saturated rings. The molecule has 126 valence electrons. The van der Waals surface area contributed by atoms with E-state index in [9.17, 15) is 4.79 Å². The van der Waals surface area contributed by atoms with Crippen molar-refractivity contribution in [3.63, 3.8) is 0 Å². The van der Waals surface area contributed by atoms with Crippen molar-refractivity contribution in [2.75, 3.05) is 20.2 Å². The molecule has 0 saturated carbocycles. The van der Waals surface area contributed by atoms with Crippen molar-refractivity contribution in [3.05, 3.63) is 65.7 Å². The molecular formula is C21H25NO2. The van der Waals surface area contributed by atoms with Gasteiger partial charge in [-0.3, -0.25) is 4.79 Å². The summed E-state index contributed by atoms with van der Waals surface area (Å²) in [5.41, 5.74) is 2.41. The number of likely N-dealkylation sites (tertiary alicyclic amines) is 1. The zero-order chi connectivity index (χ0) is 16.9. The molecule has 1 aliphatic rings. The van der Waals surface area contributed by atoms with Crippen molar-refractivity contribution < 1.29 is 9.53 Å². The summed E-state index contributed by atoms with van der Waals surface area (Å²) in [6.45, 7) is 3.75. The second-order valence-corrected chi connectivity index (χ2v) is 6.41. The monoisotopic (exact) mass is 323 g/mol. The van der Waals surface area contributed by atoms with Crippen molar-refractivity contribution >= 4 is 5.91 Å². The topological polar surface area (TPSA) is 29.5 Å². The van der Waals surface area contributed by atoms with E-state index in [0.29, 0.717) is 5.92 Å². The van der Waals surface area contributed by atoms with Crippen LogP contribution in [-0.2, 0) is 4.79 Å². The van der Waals surface area contributed by atoms with Crippen molar-refractivity contribution in [2.24, 2.45) is 0 Å². The maximum atomic E-state index is 13.0. The summed E-state index contributed by atoms with van der Waals surface area (Å²) in [5.74, 6) is 1.54. The van der Waals surface area contributed by atoms with Gasteiger partial charge in [0.1, 0.15) is 5.75 Å². The quantitative estimate of drug-likeness (QED) is 0.825. The van der Waals surface area contributed by atoms with Crippen molar-refractivity contribution in [3.8, 4) is 5.75 Å². The van der Waals surface area contributed by atoms with Gasteiger partial charge in [0.2, 0.25) is 5.91 Å². The highest BCUT2D eigenvalue weighted by atomic mass is 16.5. The average Bonchev–Trinajstić information content (AvgIpc) is 3.13. The van der Waals surface area contributed by atoms with Gasteiger partial charge in [-0.1, -0.05) is 49.4 Å². The van der Waals surface area contributed by atoms with E-state index >= 15 is 0 Å². The fraction of sp³-hybridized carbons (Fsp3) is 0.381. The first kappa shape index (κ1) is 16.6. The Bertz CT molecular complexity index is 666. The van der Waals surface area contributed by atoms with Gasteiger partial charge >= 0.3 is 0 Å². The highest BCUT2D eigenvalue weighted by Crippen LogP contribution is 2.31. The van der Waals surface area contributed by atoms with E-state index in [2.05, 4.69) is 31.2 Å². The number of benzene rings is 2. The SMILES string of the molecule is CCC(C(=O)N1CCC(c2ccc(OC)cc2)C1)c1ccccc1. The predicted molar refractivity (Wildman–Crippen MR) is 96.4 cm³/mol. The third-order valence-electron chi connectivity index (χ3n) is 5.00. The molecule has 3 rings (SSSR count). The minimum atomic E-state index is -0.0270. The molecule has 0 aromatic heterocycles. The van der Waals surface area contributed by atoms with Gasteiger partial charge in [0.25, 0.3) is 0 Å². The standard InChI is InChI=1S/C21H25NO2/c1-3-20(17-7-5-4-6-8-17)21(23)22-14-13-18(15-22)16-9-11-19(24-2)12-10-16/h4-12,18,20H,3,13-15H2,1-2H3. The number of methoxy groups -OCH3 is 1. The zero-order valence-electron chi connectivity index (χ0n) is 14.4. The Labute approximate surface area is 144 Å². The molecule has 0 spiro atoms. The van der Waals surface area contributed by atoms with Gasteiger partial charge in [0.05, 0.1) is 13.0 Å². The summed E-state index contributed by atoms with van der Waals surface area (Å²) in [6, 6.07) is 18.4. The Hall–Kier alpha value is -2.29. The van der Waals surface area contributed by atoms with Gasteiger partial charge in [0, 0.05) is 19.0 Å². The van der Waals surface area contributed by atoms with Gasteiger partial charge in [-0.15, -0.1) is 0 Å². The third-order valence-corrected chi connectivity index (χ3v) is 5.00. The molecule has 1 aliphatic heterocycles. The molecule has 3 heteroatoms. The number of amides is 1. The summed E-state index contributed by atoms with van der Waals surface area (Å²) in [4.78, 5) is 15.0. The normalized spacial score (nSPS) is 18.4. The van der Waals surface area contributed by atoms with Crippen LogP contribution in [0.1, 0.15) is 42.7 Å². The number of carbonyl (C=O) groups is 1. The Balaban J connectivity index is 1.68. The van der Waals surface area contributed by atoms with E-state index in [1.165, 1.54) is 5.56 Å². The first-order chi connectivity index (χ1) is 11.7. The number of nitrogens with zero attached hydrogens (tertiary/aromatic N) is 1. The number of rotatable bonds is 5. The van der Waals surface area contributed by atoms with Gasteiger partial charge in [-0.05, 0) is 36.1 Å². The van der Waals surface area contributed by atoms with E-state index in [0.717, 1.165) is 37.2 Å². The highest BCUT2D eigenvalue weighted by Gasteiger charge is 2.31. The van der Waals surface area contributed by atoms with E-state index in [1.54, 1.807) is 7.11 Å². The van der Waals surface area contributed by atoms with Crippen molar-refractivity contribution in [1.82, 2.24) is 4.90 Å². The Morgan fingerprint density at radius 1 is 1.17 bits per heavy atom. The lowest BCUT2D eigenvalue weighted by atomic mass is 9.95. The van der Waals surface area contributed by atoms with E-state index in [4.69, 9.17) is 4.74 Å². The van der Waals surface area contributed by atoms with E-state index in [-0.39, 0.29) is 11.8 Å². The molecule has 3 nitrogen and oxygen atoms in total. The summed E-state index contributed by atoms with van der Waals surface area (Å²) < 4.78 is 5.22. The molecule has 2 aromatic carbocycles. The van der Waals surface area contributed by atoms with E-state index < -0.39 is 0 Å². The number of ether oxygens (including phenoxy) is 1. The lowest BCUT2D eigenvalue weighted by molar-refractivity contribution is -0.131. The van der Waals surface area contributed by atoms with Crippen LogP contribution < -0.4 is 4.74 Å². The average molecular weight is 323 g/mol. The van der Waals surface area contributed by atoms with Crippen LogP contribution in [-0.4, -0.2) is 31.0 Å². The van der Waals surface area contributed by atoms with Crippen LogP contribution in [0.15, 0.2) is 54.6 Å². The lowest BCUT2D eigenvalue weighted by Gasteiger charge is -2.23. The van der Waals surface area contributed by atoms with Gasteiger partial charge in [-0.25, -0.2) is 0 Å². The largest absolute Gasteiger partial charge is 0.497 e. The molecule has 1 saturated heterocycles. The summed E-state index contributed by atoms with van der Waals surface area (Å²) in [5, 5.41) is 0. The second kappa shape index (κ2) is 7.52. The Kier molecular flexibility index (Phi) is 5.19. The molecule has 1 amide bonds. The van der Waals surface area contributed by atoms with Crippen molar-refractivity contribution in [1.29, 1.82) is 0 Å². The predicted octanol–water partition coefficient (Wildman–Crippen LogP) is 4.20. The van der Waals surface area contributed by atoms with Crippen LogP contribution in [0, 0.1) is 0 Å². The summed E-state index contributed by atoms with van der Waals surface area (Å²) >= 11 is 0. The lowest BCUT2D eigenvalue weighted by Crippen LogP contribution is -2.33. The fourth-order valence-electron chi connectivity index (χ4n) is 3.57. The second-order valence-electron chi connectivity index (χ2n) is 6.41. The molecule has 0 bridgehead atoms. The van der Waals surface area contributed by atoms with Crippen LogP contribution in [0.5, 0.6) is 5.75 Å². The summed E-state index contributed by atoms with van der Waals surface area (Å²) in [6.07, 6.45) is 1.87. The van der Waals surface area contributed by atoms with Crippen LogP contribution in [0.25, 0.3) is 0 Å². The molecule has 24 heavy (non-hydrogen) atoms. The minimum absolute atomic E-state index is 0.0270. The third kappa shape index (κ3) is 3.45. The van der Waals surface area contributed by atoms with Crippen LogP contribution in [0.2, 0.25) is 0 Å². The van der Waals surface area contributed by atoms with Crippen molar-refractivity contribution in [2.45, 2.75) is 31.6 Å².